The van der Waals surface area contributed by atoms with Crippen molar-refractivity contribution in [3.8, 4) is 17.0 Å². The second-order valence-electron chi connectivity index (χ2n) is 11.9. The molecule has 0 aliphatic rings. The zero-order chi connectivity index (χ0) is 32.4. The van der Waals surface area contributed by atoms with Crippen LogP contribution in [0, 0.1) is 26.6 Å². The molecule has 0 aliphatic heterocycles. The first-order chi connectivity index (χ1) is 22.1. The lowest BCUT2D eigenvalue weighted by Crippen LogP contribution is -2.05. The number of benzene rings is 5. The highest BCUT2D eigenvalue weighted by atomic mass is 32.2. The molecule has 46 heavy (non-hydrogen) atoms. The third kappa shape index (κ3) is 6.62. The van der Waals surface area contributed by atoms with Gasteiger partial charge < -0.3 is 9.30 Å². The fourth-order valence-corrected chi connectivity index (χ4v) is 6.88. The molecule has 0 spiro atoms. The molecule has 1 heterocycles. The molecule has 0 aliphatic carbocycles. The van der Waals surface area contributed by atoms with Crippen molar-refractivity contribution < 1.29 is 22.1 Å². The Hall–Kier alpha value is -4.72. The van der Waals surface area contributed by atoms with E-state index in [1.54, 1.807) is 18.2 Å². The first-order valence-electron chi connectivity index (χ1n) is 15.3. The Labute approximate surface area is 269 Å². The molecule has 6 aromatic rings. The molecule has 1 aromatic heterocycles. The number of nitrogens with zero attached hydrogens (tertiary/aromatic N) is 1. The van der Waals surface area contributed by atoms with Gasteiger partial charge in [0.2, 0.25) is 0 Å². The van der Waals surface area contributed by atoms with Crippen LogP contribution in [-0.4, -0.2) is 17.5 Å². The fourth-order valence-electron chi connectivity index (χ4n) is 6.15. The average molecular weight is 634 g/mol. The van der Waals surface area contributed by atoms with Crippen molar-refractivity contribution >= 4 is 21.0 Å². The van der Waals surface area contributed by atoms with E-state index in [1.807, 2.05) is 110 Å². The minimum Gasteiger partial charge on any atom is -0.489 e. The maximum Gasteiger partial charge on any atom is 0.294 e. The highest BCUT2D eigenvalue weighted by Gasteiger charge is 2.22. The van der Waals surface area contributed by atoms with Gasteiger partial charge in [0.25, 0.3) is 10.1 Å². The van der Waals surface area contributed by atoms with Gasteiger partial charge >= 0.3 is 0 Å². The smallest absolute Gasteiger partial charge is 0.294 e. The van der Waals surface area contributed by atoms with Crippen LogP contribution in [0.4, 0.5) is 4.39 Å². The second kappa shape index (κ2) is 12.9. The van der Waals surface area contributed by atoms with Gasteiger partial charge in [-0.15, -0.1) is 0 Å². The summed E-state index contributed by atoms with van der Waals surface area (Å²) in [6.07, 6.45) is 1.07. The molecule has 5 aromatic carbocycles. The lowest BCUT2D eigenvalue weighted by molar-refractivity contribution is 0.306. The Morgan fingerprint density at radius 3 is 2.13 bits per heavy atom. The number of halogens is 1. The van der Waals surface area contributed by atoms with E-state index in [0.717, 1.165) is 44.5 Å². The molecule has 1 N–H and O–H groups in total. The second-order valence-corrected chi connectivity index (χ2v) is 13.3. The van der Waals surface area contributed by atoms with E-state index in [2.05, 4.69) is 0 Å². The summed E-state index contributed by atoms with van der Waals surface area (Å²) in [6, 6.07) is 34.6. The molecular formula is C39H36FNO4S. The minimum atomic E-state index is -4.31. The number of aryl methyl sites for hydroxylation is 5. The van der Waals surface area contributed by atoms with E-state index in [-0.39, 0.29) is 10.7 Å². The van der Waals surface area contributed by atoms with Crippen molar-refractivity contribution in [3.63, 3.8) is 0 Å². The molecule has 0 saturated heterocycles. The Bertz CT molecular complexity index is 2120. The van der Waals surface area contributed by atoms with Crippen LogP contribution in [0.15, 0.2) is 114 Å². The van der Waals surface area contributed by atoms with Crippen molar-refractivity contribution in [3.05, 3.63) is 154 Å². The van der Waals surface area contributed by atoms with Gasteiger partial charge in [0, 0.05) is 17.5 Å². The Balaban J connectivity index is 1.31. The van der Waals surface area contributed by atoms with Crippen molar-refractivity contribution in [1.82, 2.24) is 4.57 Å². The largest absolute Gasteiger partial charge is 0.489 e. The van der Waals surface area contributed by atoms with Crippen LogP contribution < -0.4 is 4.74 Å². The van der Waals surface area contributed by atoms with E-state index in [0.29, 0.717) is 48.4 Å². The Morgan fingerprint density at radius 1 is 0.739 bits per heavy atom. The predicted molar refractivity (Wildman–Crippen MR) is 182 cm³/mol. The zero-order valence-electron chi connectivity index (χ0n) is 26.1. The molecule has 7 heteroatoms. The number of aromatic nitrogens is 1. The monoisotopic (exact) mass is 633 g/mol. The van der Waals surface area contributed by atoms with Gasteiger partial charge in [0.1, 0.15) is 12.4 Å². The van der Waals surface area contributed by atoms with Crippen LogP contribution in [0.25, 0.3) is 22.2 Å². The van der Waals surface area contributed by atoms with E-state index in [9.17, 15) is 13.0 Å². The Kier molecular flexibility index (Phi) is 8.80. The summed E-state index contributed by atoms with van der Waals surface area (Å²) < 4.78 is 58.1. The standard InChI is InChI=1S/C39H36FNO4S/c1-26-12-21-36(46(42,43)44)32(22-26)18-17-29-13-15-30(16-14-29)24-41-35-20-19-33(45-25-31-10-5-4-6-11-31)23-34(35)38(40)39(41)37-27(2)8-7-9-28(37)3/h4-16,19-23H,17-18,24-25H2,1-3H3,(H,42,43,44). The molecule has 0 fully saturated rings. The van der Waals surface area contributed by atoms with Crippen molar-refractivity contribution in [2.75, 3.05) is 0 Å². The normalized spacial score (nSPS) is 11.7. The van der Waals surface area contributed by atoms with E-state index in [4.69, 9.17) is 4.74 Å². The van der Waals surface area contributed by atoms with Crippen LogP contribution >= 0.6 is 0 Å². The van der Waals surface area contributed by atoms with Gasteiger partial charge in [-0.1, -0.05) is 90.5 Å². The summed E-state index contributed by atoms with van der Waals surface area (Å²) in [5, 5.41) is 0.507. The van der Waals surface area contributed by atoms with Gasteiger partial charge in [-0.2, -0.15) is 8.42 Å². The van der Waals surface area contributed by atoms with E-state index in [1.165, 1.54) is 6.07 Å². The average Bonchev–Trinajstić information content (AvgIpc) is 3.29. The molecule has 0 unspecified atom stereocenters. The summed E-state index contributed by atoms with van der Waals surface area (Å²) in [5.74, 6) is 0.331. The maximum absolute atomic E-state index is 16.5. The first kappa shape index (κ1) is 31.3. The lowest BCUT2D eigenvalue weighted by Gasteiger charge is -2.16. The number of rotatable bonds is 10. The van der Waals surface area contributed by atoms with Crippen LogP contribution in [0.5, 0.6) is 5.75 Å². The number of hydrogen-bond acceptors (Lipinski definition) is 3. The van der Waals surface area contributed by atoms with Crippen LogP contribution in [-0.2, 0) is 36.1 Å². The molecule has 0 atom stereocenters. The van der Waals surface area contributed by atoms with Gasteiger partial charge in [0.05, 0.1) is 16.1 Å². The molecular weight excluding hydrogens is 597 g/mol. The summed E-state index contributed by atoms with van der Waals surface area (Å²) in [7, 11) is -4.31. The first-order valence-corrected chi connectivity index (χ1v) is 16.7. The molecule has 5 nitrogen and oxygen atoms in total. The maximum atomic E-state index is 16.5. The summed E-state index contributed by atoms with van der Waals surface area (Å²) in [5.41, 5.74) is 8.81. The summed E-state index contributed by atoms with van der Waals surface area (Å²) in [6.45, 7) is 6.76. The molecule has 0 saturated carbocycles. The van der Waals surface area contributed by atoms with Gasteiger partial charge in [0.15, 0.2) is 5.82 Å². The predicted octanol–water partition coefficient (Wildman–Crippen LogP) is 9.03. The molecule has 6 rings (SSSR count). The van der Waals surface area contributed by atoms with Crippen molar-refractivity contribution in [1.29, 1.82) is 0 Å². The van der Waals surface area contributed by atoms with E-state index < -0.39 is 10.1 Å². The summed E-state index contributed by atoms with van der Waals surface area (Å²) in [4.78, 5) is -0.0520. The van der Waals surface area contributed by atoms with E-state index >= 15 is 4.39 Å². The van der Waals surface area contributed by atoms with Crippen LogP contribution in [0.2, 0.25) is 0 Å². The number of hydrogen-bond donors (Lipinski definition) is 1. The minimum absolute atomic E-state index is 0.0520. The topological polar surface area (TPSA) is 68.5 Å². The van der Waals surface area contributed by atoms with Crippen molar-refractivity contribution in [2.24, 2.45) is 0 Å². The molecule has 0 bridgehead atoms. The summed E-state index contributed by atoms with van der Waals surface area (Å²) >= 11 is 0. The third-order valence-electron chi connectivity index (χ3n) is 8.48. The Morgan fingerprint density at radius 2 is 1.43 bits per heavy atom. The number of ether oxygens (including phenoxy) is 1. The van der Waals surface area contributed by atoms with Gasteiger partial charge in [-0.3, -0.25) is 4.55 Å². The van der Waals surface area contributed by atoms with Crippen LogP contribution in [0.1, 0.15) is 38.9 Å². The highest BCUT2D eigenvalue weighted by molar-refractivity contribution is 7.85. The third-order valence-corrected chi connectivity index (χ3v) is 9.43. The quantitative estimate of drug-likeness (QED) is 0.153. The molecule has 0 amide bonds. The fraction of sp³-hybridized carbons (Fsp3) is 0.179. The highest BCUT2D eigenvalue weighted by Crippen LogP contribution is 2.38. The number of fused-ring (bicyclic) bond motifs is 1. The van der Waals surface area contributed by atoms with Gasteiger partial charge in [-0.25, -0.2) is 4.39 Å². The molecule has 0 radical (unpaired) electrons. The van der Waals surface area contributed by atoms with Crippen molar-refractivity contribution in [2.45, 2.75) is 51.7 Å². The zero-order valence-corrected chi connectivity index (χ0v) is 26.9. The molecule has 234 valence electrons. The van der Waals surface area contributed by atoms with Crippen LogP contribution in [0.3, 0.4) is 0 Å². The SMILES string of the molecule is Cc1ccc(S(=O)(=O)O)c(CCc2ccc(Cn3c(-c4c(C)cccc4C)c(F)c4cc(OCc5ccccc5)ccc43)cc2)c1. The van der Waals surface area contributed by atoms with Gasteiger partial charge in [-0.05, 0) is 91.3 Å². The lowest BCUT2D eigenvalue weighted by atomic mass is 9.99.